The standard InChI is InChI=1S/C11H6ClN11O2.2Na.2H/c12-7-5(14-10(24)8-16-20-21-17-8)1-4(3-13)2-6(7)15-11(25)9-18-22-23-19-9;;;;/h1-2H,(H,14,24)(H,15,25)(H,16,17,20,21)(H,18,19,22,23);;;;/q;2*+1;2*-1. The van der Waals surface area contributed by atoms with Crippen LogP contribution in [0.3, 0.4) is 0 Å². The van der Waals surface area contributed by atoms with E-state index in [1.807, 2.05) is 6.07 Å². The number of benzene rings is 1. The second-order valence-corrected chi connectivity index (χ2v) is 4.75. The molecule has 27 heavy (non-hydrogen) atoms. The zero-order chi connectivity index (χ0) is 17.8. The van der Waals surface area contributed by atoms with Gasteiger partial charge in [0.25, 0.3) is 23.5 Å². The summed E-state index contributed by atoms with van der Waals surface area (Å²) in [6.07, 6.45) is 0. The van der Waals surface area contributed by atoms with E-state index in [4.69, 9.17) is 16.9 Å². The molecule has 0 saturated heterocycles. The zero-order valence-corrected chi connectivity index (χ0v) is 18.7. The van der Waals surface area contributed by atoms with E-state index in [9.17, 15) is 9.59 Å². The number of nitrogens with one attached hydrogen (secondary N) is 4. The Balaban J connectivity index is 0. The van der Waals surface area contributed by atoms with Crippen LogP contribution in [0.4, 0.5) is 11.4 Å². The molecule has 4 N–H and O–H groups in total. The largest absolute Gasteiger partial charge is 1.00 e. The van der Waals surface area contributed by atoms with Crippen molar-refractivity contribution >= 4 is 34.8 Å². The molecule has 0 bridgehead atoms. The van der Waals surface area contributed by atoms with Crippen molar-refractivity contribution in [1.82, 2.24) is 41.2 Å². The van der Waals surface area contributed by atoms with Crippen molar-refractivity contribution in [1.29, 1.82) is 5.26 Å². The van der Waals surface area contributed by atoms with E-state index in [1.54, 1.807) is 0 Å². The summed E-state index contributed by atoms with van der Waals surface area (Å²) in [4.78, 5) is 24.0. The average molecular weight is 408 g/mol. The molecule has 128 valence electrons. The van der Waals surface area contributed by atoms with E-state index in [-0.39, 0.29) is 95.6 Å². The van der Waals surface area contributed by atoms with Crippen LogP contribution >= 0.6 is 11.6 Å². The van der Waals surface area contributed by atoms with Crippen LogP contribution in [0.2, 0.25) is 5.02 Å². The molecule has 0 radical (unpaired) electrons. The Morgan fingerprint density at radius 1 is 1.00 bits per heavy atom. The van der Waals surface area contributed by atoms with E-state index >= 15 is 0 Å². The summed E-state index contributed by atoms with van der Waals surface area (Å²) >= 11 is 6.18. The first-order valence-electron chi connectivity index (χ1n) is 6.41. The molecule has 2 heterocycles. The van der Waals surface area contributed by atoms with Gasteiger partial charge in [0, 0.05) is 0 Å². The Kier molecular flexibility index (Phi) is 8.93. The van der Waals surface area contributed by atoms with Gasteiger partial charge in [0.2, 0.25) is 0 Å². The summed E-state index contributed by atoms with van der Waals surface area (Å²) in [5.41, 5.74) is 0.272. The molecule has 0 aliphatic carbocycles. The summed E-state index contributed by atoms with van der Waals surface area (Å²) in [6, 6.07) is 4.54. The van der Waals surface area contributed by atoms with Crippen molar-refractivity contribution in [3.05, 3.63) is 34.4 Å². The number of rotatable bonds is 4. The maximum atomic E-state index is 12.0. The fourth-order valence-electron chi connectivity index (χ4n) is 1.74. The van der Waals surface area contributed by atoms with Gasteiger partial charge < -0.3 is 13.5 Å². The second kappa shape index (κ2) is 10.4. The molecular weight excluding hydrogens is 400 g/mol. The number of aromatic nitrogens is 8. The van der Waals surface area contributed by atoms with Gasteiger partial charge in [-0.3, -0.25) is 9.59 Å². The molecule has 0 aliphatic heterocycles. The predicted molar refractivity (Wildman–Crippen MR) is 82.7 cm³/mol. The van der Waals surface area contributed by atoms with Crippen LogP contribution in [0.15, 0.2) is 12.1 Å². The summed E-state index contributed by atoms with van der Waals surface area (Å²) in [6.45, 7) is 0. The molecule has 0 saturated carbocycles. The van der Waals surface area contributed by atoms with Crippen molar-refractivity contribution < 1.29 is 71.6 Å². The first-order valence-corrected chi connectivity index (χ1v) is 6.79. The molecule has 0 unspecified atom stereocenters. The normalized spacial score (nSPS) is 9.33. The van der Waals surface area contributed by atoms with Crippen LogP contribution in [-0.2, 0) is 0 Å². The number of amides is 2. The fourth-order valence-corrected chi connectivity index (χ4v) is 1.95. The van der Waals surface area contributed by atoms with Gasteiger partial charge in [0.15, 0.2) is 0 Å². The Labute approximate surface area is 202 Å². The molecule has 1 aromatic carbocycles. The van der Waals surface area contributed by atoms with Crippen LogP contribution in [0.25, 0.3) is 0 Å². The first kappa shape index (κ1) is 23.1. The van der Waals surface area contributed by atoms with Gasteiger partial charge >= 0.3 is 59.1 Å². The van der Waals surface area contributed by atoms with Crippen molar-refractivity contribution in [3.8, 4) is 6.07 Å². The van der Waals surface area contributed by atoms with Gasteiger partial charge in [-0.1, -0.05) is 11.6 Å². The maximum absolute atomic E-state index is 12.0. The minimum Gasteiger partial charge on any atom is -1.00 e. The number of carbonyl (C=O) groups excluding carboxylic acids is 2. The van der Waals surface area contributed by atoms with E-state index < -0.39 is 11.8 Å². The van der Waals surface area contributed by atoms with Gasteiger partial charge in [-0.05, 0) is 22.6 Å². The van der Waals surface area contributed by atoms with E-state index in [1.165, 1.54) is 12.1 Å². The minimum absolute atomic E-state index is 0. The Morgan fingerprint density at radius 3 is 1.78 bits per heavy atom. The Morgan fingerprint density at radius 2 is 1.44 bits per heavy atom. The van der Waals surface area contributed by atoms with Gasteiger partial charge in [-0.15, -0.1) is 20.4 Å². The summed E-state index contributed by atoms with van der Waals surface area (Å²) < 4.78 is 0. The minimum atomic E-state index is -0.707. The number of anilines is 2. The molecule has 3 aromatic rings. The van der Waals surface area contributed by atoms with Gasteiger partial charge in [0.1, 0.15) is 0 Å². The number of tetrazole rings is 2. The Bertz CT molecular complexity index is 912. The van der Waals surface area contributed by atoms with Crippen molar-refractivity contribution in [3.63, 3.8) is 0 Å². The number of carbonyl (C=O) groups is 2. The molecule has 2 amide bonds. The number of nitrogens with zero attached hydrogens (tertiary/aromatic N) is 7. The second-order valence-electron chi connectivity index (χ2n) is 4.38. The third-order valence-electron chi connectivity index (χ3n) is 2.79. The van der Waals surface area contributed by atoms with Crippen molar-refractivity contribution in [2.45, 2.75) is 0 Å². The molecule has 2 aromatic heterocycles. The van der Waals surface area contributed by atoms with Gasteiger partial charge in [-0.2, -0.15) is 15.7 Å². The van der Waals surface area contributed by atoms with E-state index in [0.29, 0.717) is 0 Å². The fraction of sp³-hybridized carbons (Fsp3) is 0. The maximum Gasteiger partial charge on any atom is 1.00 e. The van der Waals surface area contributed by atoms with E-state index in [2.05, 4.69) is 51.9 Å². The Hall–Kier alpha value is -1.92. The monoisotopic (exact) mass is 407 g/mol. The summed E-state index contributed by atoms with van der Waals surface area (Å²) in [5.74, 6) is -1.87. The number of nitriles is 1. The SMILES string of the molecule is N#Cc1cc(NC(=O)c2nn[nH]n2)c(Cl)c(NC(=O)c2nn[nH]n2)c1.[H-].[H-].[Na+].[Na+]. The molecule has 0 aliphatic rings. The van der Waals surface area contributed by atoms with Crippen molar-refractivity contribution in [2.75, 3.05) is 10.6 Å². The summed E-state index contributed by atoms with van der Waals surface area (Å²) in [7, 11) is 0. The molecule has 16 heteroatoms. The molecule has 0 fully saturated rings. The summed E-state index contributed by atoms with van der Waals surface area (Å²) in [5, 5.41) is 38.8. The van der Waals surface area contributed by atoms with Crippen LogP contribution in [-0.4, -0.2) is 53.1 Å². The molecular formula is C11H8ClN11Na2O2. The predicted octanol–water partition coefficient (Wildman–Crippen LogP) is -6.02. The van der Waals surface area contributed by atoms with Crippen LogP contribution in [0.5, 0.6) is 0 Å². The van der Waals surface area contributed by atoms with E-state index in [0.717, 1.165) is 0 Å². The molecule has 0 atom stereocenters. The van der Waals surface area contributed by atoms with Crippen LogP contribution in [0.1, 0.15) is 29.7 Å². The number of hydrogen-bond donors (Lipinski definition) is 4. The molecule has 0 spiro atoms. The smallest absolute Gasteiger partial charge is 1.00 e. The third kappa shape index (κ3) is 5.53. The first-order chi connectivity index (χ1) is 12.1. The van der Waals surface area contributed by atoms with Gasteiger partial charge in [-0.25, -0.2) is 0 Å². The van der Waals surface area contributed by atoms with Crippen LogP contribution in [0, 0.1) is 11.3 Å². The number of aromatic amines is 2. The zero-order valence-electron chi connectivity index (χ0n) is 16.0. The van der Waals surface area contributed by atoms with Crippen molar-refractivity contribution in [2.24, 2.45) is 0 Å². The number of halogens is 1. The topological polar surface area (TPSA) is 191 Å². The van der Waals surface area contributed by atoms with Gasteiger partial charge in [0.05, 0.1) is 28.0 Å². The van der Waals surface area contributed by atoms with Crippen LogP contribution < -0.4 is 69.7 Å². The quantitative estimate of drug-likeness (QED) is 0.305. The number of H-pyrrole nitrogens is 2. The average Bonchev–Trinajstić information content (AvgIpc) is 3.31. The molecule has 3 rings (SSSR count). The third-order valence-corrected chi connectivity index (χ3v) is 3.20. The number of hydrogen-bond acceptors (Lipinski definition) is 9. The molecule has 13 nitrogen and oxygen atoms in total.